The first kappa shape index (κ1) is 11.9. The molecule has 1 aliphatic rings. The van der Waals surface area contributed by atoms with Crippen molar-refractivity contribution in [3.63, 3.8) is 0 Å². The van der Waals surface area contributed by atoms with E-state index in [-0.39, 0.29) is 12.5 Å². The van der Waals surface area contributed by atoms with Gasteiger partial charge < -0.3 is 5.11 Å². The fraction of sp³-hybridized carbons (Fsp3) is 0.462. The molecule has 4 heteroatoms. The fourth-order valence-electron chi connectivity index (χ4n) is 2.04. The first-order valence-corrected chi connectivity index (χ1v) is 5.97. The van der Waals surface area contributed by atoms with E-state index in [1.807, 2.05) is 36.2 Å². The van der Waals surface area contributed by atoms with Crippen LogP contribution in [0, 0.1) is 6.92 Å². The number of carbonyl (C=O) groups excluding carboxylic acids is 1. The van der Waals surface area contributed by atoms with Gasteiger partial charge in [0, 0.05) is 26.1 Å². The van der Waals surface area contributed by atoms with E-state index in [2.05, 4.69) is 0 Å². The maximum Gasteiger partial charge on any atom is 0.242 e. The molecule has 1 N–H and O–H groups in total. The molecule has 2 rings (SSSR count). The number of carbonyl (C=O) groups is 1. The molecule has 0 unspecified atom stereocenters. The maximum absolute atomic E-state index is 11.7. The molecular formula is C13H18N2O2. The van der Waals surface area contributed by atoms with E-state index in [0.717, 1.165) is 12.2 Å². The molecule has 0 saturated carbocycles. The van der Waals surface area contributed by atoms with Gasteiger partial charge in [0.05, 0.1) is 5.69 Å². The van der Waals surface area contributed by atoms with Gasteiger partial charge in [-0.1, -0.05) is 17.7 Å². The number of hydrogen-bond acceptors (Lipinski definition) is 3. The number of anilines is 1. The fourth-order valence-corrected chi connectivity index (χ4v) is 2.04. The Balaban J connectivity index is 2.13. The van der Waals surface area contributed by atoms with E-state index in [1.165, 1.54) is 5.56 Å². The Morgan fingerprint density at radius 2 is 2.00 bits per heavy atom. The number of benzene rings is 1. The Hall–Kier alpha value is -1.55. The maximum atomic E-state index is 11.7. The standard InChI is InChI=1S/C13H18N2O2/c1-11-3-5-12(6-4-11)14-9-7-13(17)15(14)8-2-10-16/h3-6,16H,2,7-10H2,1H3. The molecule has 0 radical (unpaired) electrons. The average molecular weight is 234 g/mol. The summed E-state index contributed by atoms with van der Waals surface area (Å²) in [6, 6.07) is 8.14. The molecule has 4 nitrogen and oxygen atoms in total. The predicted molar refractivity (Wildman–Crippen MR) is 66.6 cm³/mol. The Bertz CT molecular complexity index is 389. The lowest BCUT2D eigenvalue weighted by molar-refractivity contribution is -0.128. The van der Waals surface area contributed by atoms with Crippen LogP contribution < -0.4 is 5.01 Å². The predicted octanol–water partition coefficient (Wildman–Crippen LogP) is 1.33. The lowest BCUT2D eigenvalue weighted by atomic mass is 10.2. The minimum Gasteiger partial charge on any atom is -0.396 e. The number of aliphatic hydroxyl groups excluding tert-OH is 1. The number of rotatable bonds is 4. The molecule has 1 aromatic rings. The van der Waals surface area contributed by atoms with Crippen LogP contribution >= 0.6 is 0 Å². The summed E-state index contributed by atoms with van der Waals surface area (Å²) in [5.41, 5.74) is 2.25. The second-order valence-corrected chi connectivity index (χ2v) is 4.30. The highest BCUT2D eigenvalue weighted by Gasteiger charge is 2.28. The van der Waals surface area contributed by atoms with Crippen LogP contribution in [0.5, 0.6) is 0 Å². The van der Waals surface area contributed by atoms with E-state index < -0.39 is 0 Å². The summed E-state index contributed by atoms with van der Waals surface area (Å²) in [4.78, 5) is 11.7. The number of hydrazine groups is 1. The zero-order valence-electron chi connectivity index (χ0n) is 10.1. The highest BCUT2D eigenvalue weighted by molar-refractivity contribution is 5.81. The zero-order valence-corrected chi connectivity index (χ0v) is 10.1. The van der Waals surface area contributed by atoms with Gasteiger partial charge in [-0.2, -0.15) is 0 Å². The first-order valence-electron chi connectivity index (χ1n) is 5.97. The molecule has 17 heavy (non-hydrogen) atoms. The van der Waals surface area contributed by atoms with Crippen molar-refractivity contribution in [3.8, 4) is 0 Å². The molecule has 1 amide bonds. The van der Waals surface area contributed by atoms with Crippen LogP contribution in [0.1, 0.15) is 18.4 Å². The minimum absolute atomic E-state index is 0.117. The topological polar surface area (TPSA) is 43.8 Å². The number of hydrogen-bond donors (Lipinski definition) is 1. The number of amides is 1. The zero-order chi connectivity index (χ0) is 12.3. The second kappa shape index (κ2) is 5.19. The van der Waals surface area contributed by atoms with Gasteiger partial charge in [-0.05, 0) is 25.5 Å². The van der Waals surface area contributed by atoms with Gasteiger partial charge in [0.25, 0.3) is 0 Å². The van der Waals surface area contributed by atoms with Gasteiger partial charge >= 0.3 is 0 Å². The summed E-state index contributed by atoms with van der Waals surface area (Å²) in [5, 5.41) is 12.6. The Morgan fingerprint density at radius 3 is 2.65 bits per heavy atom. The van der Waals surface area contributed by atoms with Crippen molar-refractivity contribution in [2.75, 3.05) is 24.7 Å². The summed E-state index contributed by atoms with van der Waals surface area (Å²) in [6.45, 7) is 3.48. The molecule has 0 bridgehead atoms. The van der Waals surface area contributed by atoms with E-state index in [9.17, 15) is 4.79 Å². The summed E-state index contributed by atoms with van der Waals surface area (Å²) in [6.07, 6.45) is 1.17. The van der Waals surface area contributed by atoms with Crippen LogP contribution in [-0.4, -0.2) is 35.7 Å². The third-order valence-electron chi connectivity index (χ3n) is 2.98. The van der Waals surface area contributed by atoms with E-state index >= 15 is 0 Å². The third-order valence-corrected chi connectivity index (χ3v) is 2.98. The highest BCUT2D eigenvalue weighted by atomic mass is 16.3. The average Bonchev–Trinajstić information content (AvgIpc) is 2.69. The molecule has 1 aliphatic heterocycles. The van der Waals surface area contributed by atoms with Crippen LogP contribution in [0.15, 0.2) is 24.3 Å². The monoisotopic (exact) mass is 234 g/mol. The van der Waals surface area contributed by atoms with Crippen LogP contribution in [0.4, 0.5) is 5.69 Å². The van der Waals surface area contributed by atoms with Gasteiger partial charge in [0.15, 0.2) is 0 Å². The third kappa shape index (κ3) is 2.58. The molecule has 92 valence electrons. The summed E-state index contributed by atoms with van der Waals surface area (Å²) < 4.78 is 0. The van der Waals surface area contributed by atoms with Gasteiger partial charge in [0.1, 0.15) is 0 Å². The van der Waals surface area contributed by atoms with Crippen molar-refractivity contribution in [3.05, 3.63) is 29.8 Å². The molecule has 0 atom stereocenters. The van der Waals surface area contributed by atoms with Crippen LogP contribution in [0.2, 0.25) is 0 Å². The van der Waals surface area contributed by atoms with Crippen LogP contribution in [0.3, 0.4) is 0 Å². The minimum atomic E-state index is 0.117. The summed E-state index contributed by atoms with van der Waals surface area (Å²) >= 11 is 0. The van der Waals surface area contributed by atoms with Gasteiger partial charge in [0.2, 0.25) is 5.91 Å². The second-order valence-electron chi connectivity index (χ2n) is 4.30. The number of aryl methyl sites for hydroxylation is 1. The molecule has 0 aliphatic carbocycles. The van der Waals surface area contributed by atoms with Gasteiger partial charge in [-0.25, -0.2) is 0 Å². The number of aliphatic hydroxyl groups is 1. The Morgan fingerprint density at radius 1 is 1.29 bits per heavy atom. The normalized spacial score (nSPS) is 15.8. The number of nitrogens with zero attached hydrogens (tertiary/aromatic N) is 2. The van der Waals surface area contributed by atoms with Crippen LogP contribution in [-0.2, 0) is 4.79 Å². The quantitative estimate of drug-likeness (QED) is 0.854. The van der Waals surface area contributed by atoms with Gasteiger partial charge in [-0.3, -0.25) is 14.8 Å². The van der Waals surface area contributed by atoms with Crippen molar-refractivity contribution in [2.24, 2.45) is 0 Å². The smallest absolute Gasteiger partial charge is 0.242 e. The van der Waals surface area contributed by atoms with E-state index in [4.69, 9.17) is 5.11 Å². The molecule has 1 aromatic carbocycles. The molecule has 0 aromatic heterocycles. The molecule has 1 heterocycles. The summed E-state index contributed by atoms with van der Waals surface area (Å²) in [7, 11) is 0. The lowest BCUT2D eigenvalue weighted by Gasteiger charge is -2.29. The van der Waals surface area contributed by atoms with Crippen molar-refractivity contribution in [1.82, 2.24) is 5.01 Å². The summed E-state index contributed by atoms with van der Waals surface area (Å²) in [5.74, 6) is 0.138. The first-order chi connectivity index (χ1) is 8.22. The molecule has 1 fully saturated rings. The largest absolute Gasteiger partial charge is 0.396 e. The van der Waals surface area contributed by atoms with Crippen LogP contribution in [0.25, 0.3) is 0 Å². The Labute approximate surface area is 101 Å². The molecule has 1 saturated heterocycles. The molecular weight excluding hydrogens is 216 g/mol. The van der Waals surface area contributed by atoms with Crippen molar-refractivity contribution >= 4 is 11.6 Å². The highest BCUT2D eigenvalue weighted by Crippen LogP contribution is 2.22. The van der Waals surface area contributed by atoms with Crippen molar-refractivity contribution in [2.45, 2.75) is 19.8 Å². The van der Waals surface area contributed by atoms with Crippen molar-refractivity contribution in [1.29, 1.82) is 0 Å². The van der Waals surface area contributed by atoms with E-state index in [1.54, 1.807) is 5.01 Å². The lowest BCUT2D eigenvalue weighted by Crippen LogP contribution is -2.40. The Kier molecular flexibility index (Phi) is 3.64. The SMILES string of the molecule is Cc1ccc(N2CCC(=O)N2CCCO)cc1. The van der Waals surface area contributed by atoms with Crippen molar-refractivity contribution < 1.29 is 9.90 Å². The van der Waals surface area contributed by atoms with E-state index in [0.29, 0.717) is 19.4 Å². The van der Waals surface area contributed by atoms with Gasteiger partial charge in [-0.15, -0.1) is 0 Å². The molecule has 0 spiro atoms.